The fraction of sp³-hybridized carbons (Fsp3) is 0.538. The minimum absolute atomic E-state index is 0.376. The van der Waals surface area contributed by atoms with Crippen LogP contribution in [0.5, 0.6) is 5.75 Å². The Kier molecular flexibility index (Phi) is 4.51. The largest absolute Gasteiger partial charge is 0.490 e. The van der Waals surface area contributed by atoms with E-state index in [1.165, 1.54) is 12.0 Å². The van der Waals surface area contributed by atoms with Gasteiger partial charge in [-0.05, 0) is 31.4 Å². The molecule has 0 aromatic heterocycles. The summed E-state index contributed by atoms with van der Waals surface area (Å²) < 4.78 is 5.93. The van der Waals surface area contributed by atoms with Crippen LogP contribution in [0.25, 0.3) is 0 Å². The summed E-state index contributed by atoms with van der Waals surface area (Å²) in [6.45, 7) is 6.47. The molecule has 1 aromatic carbocycles. The van der Waals surface area contributed by atoms with Crippen LogP contribution in [-0.2, 0) is 0 Å². The van der Waals surface area contributed by atoms with Gasteiger partial charge in [0.25, 0.3) is 0 Å². The van der Waals surface area contributed by atoms with E-state index in [0.29, 0.717) is 6.10 Å². The van der Waals surface area contributed by atoms with E-state index in [0.717, 1.165) is 18.6 Å². The van der Waals surface area contributed by atoms with Crippen LogP contribution in [0.15, 0.2) is 24.3 Å². The molecular formula is C13H20O. The van der Waals surface area contributed by atoms with Crippen LogP contribution < -0.4 is 4.74 Å². The number of aryl methyl sites for hydroxylation is 1. The first-order chi connectivity index (χ1) is 6.77. The molecule has 0 radical (unpaired) electrons. The molecule has 0 saturated heterocycles. The zero-order valence-electron chi connectivity index (χ0n) is 9.42. The highest BCUT2D eigenvalue weighted by Crippen LogP contribution is 2.20. The summed E-state index contributed by atoms with van der Waals surface area (Å²) in [5.41, 5.74) is 1.22. The second-order valence-corrected chi connectivity index (χ2v) is 3.70. The summed E-state index contributed by atoms with van der Waals surface area (Å²) in [6, 6.07) is 8.21. The molecule has 0 saturated carbocycles. The van der Waals surface area contributed by atoms with Gasteiger partial charge in [0.1, 0.15) is 5.75 Å². The summed E-state index contributed by atoms with van der Waals surface area (Å²) in [7, 11) is 0. The molecule has 0 heterocycles. The van der Waals surface area contributed by atoms with Crippen molar-refractivity contribution in [1.82, 2.24) is 0 Å². The van der Waals surface area contributed by atoms with Gasteiger partial charge in [0.05, 0.1) is 6.10 Å². The number of benzene rings is 1. The Morgan fingerprint density at radius 2 is 1.93 bits per heavy atom. The lowest BCUT2D eigenvalue weighted by atomic mass is 10.1. The third-order valence-electron chi connectivity index (χ3n) is 2.45. The van der Waals surface area contributed by atoms with Gasteiger partial charge < -0.3 is 4.74 Å². The Labute approximate surface area is 87.1 Å². The lowest BCUT2D eigenvalue weighted by Crippen LogP contribution is -2.15. The molecule has 0 amide bonds. The third kappa shape index (κ3) is 3.06. The van der Waals surface area contributed by atoms with Gasteiger partial charge in [-0.3, -0.25) is 0 Å². The molecule has 0 aliphatic rings. The van der Waals surface area contributed by atoms with Crippen molar-refractivity contribution >= 4 is 0 Å². The Balaban J connectivity index is 2.62. The van der Waals surface area contributed by atoms with Crippen molar-refractivity contribution in [3.05, 3.63) is 29.8 Å². The van der Waals surface area contributed by atoms with Crippen molar-refractivity contribution in [2.24, 2.45) is 0 Å². The van der Waals surface area contributed by atoms with Gasteiger partial charge in [0.15, 0.2) is 0 Å². The molecule has 78 valence electrons. The Morgan fingerprint density at radius 3 is 2.50 bits per heavy atom. The zero-order chi connectivity index (χ0) is 10.4. The highest BCUT2D eigenvalue weighted by molar-refractivity contribution is 5.31. The number of rotatable bonds is 5. The first kappa shape index (κ1) is 11.1. The van der Waals surface area contributed by atoms with Crippen molar-refractivity contribution < 1.29 is 4.74 Å². The monoisotopic (exact) mass is 192 g/mol. The second kappa shape index (κ2) is 5.69. The highest BCUT2D eigenvalue weighted by atomic mass is 16.5. The van der Waals surface area contributed by atoms with E-state index in [1.807, 2.05) is 18.2 Å². The molecule has 1 unspecified atom stereocenters. The van der Waals surface area contributed by atoms with E-state index in [9.17, 15) is 0 Å². The first-order valence-corrected chi connectivity index (χ1v) is 5.50. The van der Waals surface area contributed by atoms with Crippen molar-refractivity contribution in [3.63, 3.8) is 0 Å². The molecule has 1 nitrogen and oxygen atoms in total. The summed E-state index contributed by atoms with van der Waals surface area (Å²) in [5.74, 6) is 1.04. The maximum absolute atomic E-state index is 5.93. The fourth-order valence-corrected chi connectivity index (χ4v) is 1.54. The molecular weight excluding hydrogens is 172 g/mol. The number of hydrogen-bond donors (Lipinski definition) is 0. The molecule has 0 N–H and O–H groups in total. The average Bonchev–Trinajstić information content (AvgIpc) is 2.20. The number of para-hydroxylation sites is 1. The molecule has 1 aromatic rings. The highest BCUT2D eigenvalue weighted by Gasteiger charge is 2.07. The van der Waals surface area contributed by atoms with Crippen molar-refractivity contribution in [1.29, 1.82) is 0 Å². The lowest BCUT2D eigenvalue weighted by molar-refractivity contribution is 0.184. The van der Waals surface area contributed by atoms with E-state index >= 15 is 0 Å². The standard InChI is InChI=1S/C13H20O/c1-4-8-12(5-2)14-13-10-7-6-9-11(13)3/h6-7,9-10,12H,4-5,8H2,1-3H3. The Hall–Kier alpha value is -0.980. The zero-order valence-corrected chi connectivity index (χ0v) is 9.42. The molecule has 14 heavy (non-hydrogen) atoms. The average molecular weight is 192 g/mol. The van der Waals surface area contributed by atoms with Crippen LogP contribution in [0.3, 0.4) is 0 Å². The van der Waals surface area contributed by atoms with Crippen molar-refractivity contribution in [2.45, 2.75) is 46.1 Å². The summed E-state index contributed by atoms with van der Waals surface area (Å²) in [6.07, 6.45) is 3.79. The van der Waals surface area contributed by atoms with Crippen LogP contribution in [0.2, 0.25) is 0 Å². The van der Waals surface area contributed by atoms with Gasteiger partial charge in [-0.1, -0.05) is 38.5 Å². The molecule has 1 rings (SSSR count). The molecule has 0 aliphatic carbocycles. The minimum atomic E-state index is 0.376. The molecule has 0 fully saturated rings. The van der Waals surface area contributed by atoms with E-state index in [4.69, 9.17) is 4.74 Å². The number of ether oxygens (including phenoxy) is 1. The molecule has 0 spiro atoms. The molecule has 1 atom stereocenters. The van der Waals surface area contributed by atoms with Crippen LogP contribution in [-0.4, -0.2) is 6.10 Å². The maximum atomic E-state index is 5.93. The van der Waals surface area contributed by atoms with Gasteiger partial charge in [0, 0.05) is 0 Å². The van der Waals surface area contributed by atoms with Gasteiger partial charge in [-0.25, -0.2) is 0 Å². The van der Waals surface area contributed by atoms with E-state index in [2.05, 4.69) is 26.8 Å². The van der Waals surface area contributed by atoms with E-state index in [-0.39, 0.29) is 0 Å². The van der Waals surface area contributed by atoms with Gasteiger partial charge in [-0.2, -0.15) is 0 Å². The van der Waals surface area contributed by atoms with E-state index in [1.54, 1.807) is 0 Å². The number of hydrogen-bond acceptors (Lipinski definition) is 1. The van der Waals surface area contributed by atoms with Gasteiger partial charge in [0.2, 0.25) is 0 Å². The summed E-state index contributed by atoms with van der Waals surface area (Å²) in [5, 5.41) is 0. The van der Waals surface area contributed by atoms with Crippen LogP contribution in [0.4, 0.5) is 0 Å². The lowest BCUT2D eigenvalue weighted by Gasteiger charge is -2.18. The van der Waals surface area contributed by atoms with Crippen LogP contribution in [0, 0.1) is 6.92 Å². The second-order valence-electron chi connectivity index (χ2n) is 3.70. The van der Waals surface area contributed by atoms with Crippen molar-refractivity contribution in [3.8, 4) is 5.75 Å². The first-order valence-electron chi connectivity index (χ1n) is 5.50. The van der Waals surface area contributed by atoms with Gasteiger partial charge >= 0.3 is 0 Å². The predicted molar refractivity (Wildman–Crippen MR) is 60.8 cm³/mol. The smallest absolute Gasteiger partial charge is 0.122 e. The van der Waals surface area contributed by atoms with Gasteiger partial charge in [-0.15, -0.1) is 0 Å². The maximum Gasteiger partial charge on any atom is 0.122 e. The quantitative estimate of drug-likeness (QED) is 0.686. The SMILES string of the molecule is CCCC(CC)Oc1ccccc1C. The predicted octanol–water partition coefficient (Wildman–Crippen LogP) is 3.95. The summed E-state index contributed by atoms with van der Waals surface area (Å²) in [4.78, 5) is 0. The minimum Gasteiger partial charge on any atom is -0.490 e. The topological polar surface area (TPSA) is 9.23 Å². The summed E-state index contributed by atoms with van der Waals surface area (Å²) >= 11 is 0. The normalized spacial score (nSPS) is 12.5. The van der Waals surface area contributed by atoms with Crippen LogP contribution in [0.1, 0.15) is 38.7 Å². The Morgan fingerprint density at radius 1 is 1.21 bits per heavy atom. The molecule has 0 aliphatic heterocycles. The van der Waals surface area contributed by atoms with Crippen molar-refractivity contribution in [2.75, 3.05) is 0 Å². The molecule has 0 bridgehead atoms. The Bertz CT molecular complexity index is 268. The third-order valence-corrected chi connectivity index (χ3v) is 2.45. The van der Waals surface area contributed by atoms with E-state index < -0.39 is 0 Å². The van der Waals surface area contributed by atoms with Crippen LogP contribution >= 0.6 is 0 Å². The fourth-order valence-electron chi connectivity index (χ4n) is 1.54. The molecule has 1 heteroatoms.